The number of tetrazole rings is 1. The molecule has 0 spiro atoms. The summed E-state index contributed by atoms with van der Waals surface area (Å²) in [5, 5.41) is 14.8. The van der Waals surface area contributed by atoms with Gasteiger partial charge in [-0.15, -0.1) is 5.10 Å². The Kier molecular flexibility index (Phi) is 2.03. The first-order valence-electron chi connectivity index (χ1n) is 4.69. The van der Waals surface area contributed by atoms with E-state index < -0.39 is 0 Å². The summed E-state index contributed by atoms with van der Waals surface area (Å²) >= 11 is 0. The van der Waals surface area contributed by atoms with Crippen LogP contribution >= 0.6 is 0 Å². The second kappa shape index (κ2) is 3.06. The summed E-state index contributed by atoms with van der Waals surface area (Å²) < 4.78 is 1.97. The van der Waals surface area contributed by atoms with Gasteiger partial charge in [0, 0.05) is 0 Å². The highest BCUT2D eigenvalue weighted by atomic mass is 15.6. The molecule has 0 atom stereocenters. The van der Waals surface area contributed by atoms with Crippen LogP contribution in [0.5, 0.6) is 0 Å². The Bertz CT molecular complexity index is 288. The molecule has 5 heteroatoms. The van der Waals surface area contributed by atoms with E-state index >= 15 is 0 Å². The van der Waals surface area contributed by atoms with Crippen LogP contribution in [0.3, 0.4) is 0 Å². The van der Waals surface area contributed by atoms with Crippen LogP contribution in [-0.2, 0) is 12.1 Å². The van der Waals surface area contributed by atoms with Crippen LogP contribution in [0, 0.1) is 0 Å². The van der Waals surface area contributed by atoms with Gasteiger partial charge >= 0.3 is 0 Å². The van der Waals surface area contributed by atoms with E-state index in [2.05, 4.69) is 27.8 Å². The average molecular weight is 181 g/mol. The SMILES string of the molecule is CNCc1nnnn1C1(C)CCC1. The van der Waals surface area contributed by atoms with Gasteiger partial charge in [-0.2, -0.15) is 0 Å². The maximum Gasteiger partial charge on any atom is 0.165 e. The predicted molar refractivity (Wildman–Crippen MR) is 48.1 cm³/mol. The Labute approximate surface area is 77.5 Å². The highest BCUT2D eigenvalue weighted by Gasteiger charge is 2.36. The minimum Gasteiger partial charge on any atom is -0.313 e. The molecule has 1 heterocycles. The molecule has 13 heavy (non-hydrogen) atoms. The van der Waals surface area contributed by atoms with Crippen molar-refractivity contribution in [1.29, 1.82) is 0 Å². The lowest BCUT2D eigenvalue weighted by Crippen LogP contribution is -2.40. The van der Waals surface area contributed by atoms with E-state index in [-0.39, 0.29) is 5.54 Å². The van der Waals surface area contributed by atoms with Crippen LogP contribution in [0.15, 0.2) is 0 Å². The molecule has 2 rings (SSSR count). The second-order valence-corrected chi connectivity index (χ2v) is 3.89. The van der Waals surface area contributed by atoms with Crippen LogP contribution in [0.4, 0.5) is 0 Å². The van der Waals surface area contributed by atoms with E-state index in [1.807, 2.05) is 11.7 Å². The molecule has 0 saturated heterocycles. The van der Waals surface area contributed by atoms with Crippen LogP contribution < -0.4 is 5.32 Å². The van der Waals surface area contributed by atoms with Gasteiger partial charge in [-0.25, -0.2) is 4.68 Å². The van der Waals surface area contributed by atoms with Crippen molar-refractivity contribution in [2.75, 3.05) is 7.05 Å². The zero-order valence-corrected chi connectivity index (χ0v) is 8.12. The van der Waals surface area contributed by atoms with Gasteiger partial charge in [-0.1, -0.05) is 0 Å². The quantitative estimate of drug-likeness (QED) is 0.728. The topological polar surface area (TPSA) is 55.6 Å². The molecule has 0 aliphatic heterocycles. The van der Waals surface area contributed by atoms with Crippen LogP contribution in [0.1, 0.15) is 32.0 Å². The zero-order valence-electron chi connectivity index (χ0n) is 8.12. The summed E-state index contributed by atoms with van der Waals surface area (Å²) in [6, 6.07) is 0. The van der Waals surface area contributed by atoms with Gasteiger partial charge in [0.1, 0.15) is 0 Å². The molecular formula is C8H15N5. The molecule has 1 N–H and O–H groups in total. The molecule has 1 fully saturated rings. The lowest BCUT2D eigenvalue weighted by Gasteiger charge is -2.38. The normalized spacial score (nSPS) is 19.8. The maximum atomic E-state index is 4.04. The Hall–Kier alpha value is -0.970. The van der Waals surface area contributed by atoms with E-state index in [0.717, 1.165) is 12.4 Å². The van der Waals surface area contributed by atoms with Gasteiger partial charge in [0.05, 0.1) is 12.1 Å². The van der Waals surface area contributed by atoms with Crippen molar-refractivity contribution in [3.05, 3.63) is 5.82 Å². The zero-order chi connectivity index (χ0) is 9.31. The fourth-order valence-electron chi connectivity index (χ4n) is 1.79. The number of hydrogen-bond acceptors (Lipinski definition) is 4. The molecule has 0 bridgehead atoms. The Balaban J connectivity index is 2.23. The van der Waals surface area contributed by atoms with Gasteiger partial charge in [0.2, 0.25) is 0 Å². The third-order valence-electron chi connectivity index (χ3n) is 2.81. The predicted octanol–water partition coefficient (Wildman–Crippen LogP) is 0.292. The molecule has 1 aromatic heterocycles. The minimum absolute atomic E-state index is 0.176. The fourth-order valence-corrected chi connectivity index (χ4v) is 1.79. The highest BCUT2D eigenvalue weighted by molar-refractivity contribution is 4.95. The molecule has 5 nitrogen and oxygen atoms in total. The standard InChI is InChI=1S/C8H15N5/c1-8(4-3-5-8)13-7(6-9-2)10-11-12-13/h9H,3-6H2,1-2H3. The van der Waals surface area contributed by atoms with Crippen LogP contribution in [-0.4, -0.2) is 27.3 Å². The van der Waals surface area contributed by atoms with Crippen molar-refractivity contribution in [1.82, 2.24) is 25.5 Å². The Morgan fingerprint density at radius 3 is 2.85 bits per heavy atom. The van der Waals surface area contributed by atoms with E-state index in [4.69, 9.17) is 0 Å². The number of nitrogens with zero attached hydrogens (tertiary/aromatic N) is 4. The highest BCUT2D eigenvalue weighted by Crippen LogP contribution is 2.38. The molecule has 1 aliphatic rings. The average Bonchev–Trinajstić information content (AvgIpc) is 2.49. The molecule has 0 amide bonds. The van der Waals surface area contributed by atoms with Gasteiger partial charge in [-0.3, -0.25) is 0 Å². The van der Waals surface area contributed by atoms with Gasteiger partial charge < -0.3 is 5.32 Å². The summed E-state index contributed by atoms with van der Waals surface area (Å²) in [4.78, 5) is 0. The number of nitrogens with one attached hydrogen (secondary N) is 1. The first kappa shape index (κ1) is 8.62. The van der Waals surface area contributed by atoms with Crippen molar-refractivity contribution >= 4 is 0 Å². The third-order valence-corrected chi connectivity index (χ3v) is 2.81. The van der Waals surface area contributed by atoms with Crippen LogP contribution in [0.25, 0.3) is 0 Å². The first-order chi connectivity index (χ1) is 6.26. The van der Waals surface area contributed by atoms with Crippen molar-refractivity contribution in [3.8, 4) is 0 Å². The van der Waals surface area contributed by atoms with Crippen LogP contribution in [0.2, 0.25) is 0 Å². The Morgan fingerprint density at radius 2 is 2.31 bits per heavy atom. The molecular weight excluding hydrogens is 166 g/mol. The second-order valence-electron chi connectivity index (χ2n) is 3.89. The molecule has 1 aromatic rings. The summed E-state index contributed by atoms with van der Waals surface area (Å²) in [7, 11) is 1.90. The summed E-state index contributed by atoms with van der Waals surface area (Å²) in [5.74, 6) is 0.935. The van der Waals surface area contributed by atoms with Gasteiger partial charge in [0.15, 0.2) is 5.82 Å². The van der Waals surface area contributed by atoms with Crippen molar-refractivity contribution < 1.29 is 0 Å². The summed E-state index contributed by atoms with van der Waals surface area (Å²) in [6.45, 7) is 2.95. The van der Waals surface area contributed by atoms with E-state index in [1.165, 1.54) is 19.3 Å². The summed E-state index contributed by atoms with van der Waals surface area (Å²) in [5.41, 5.74) is 0.176. The van der Waals surface area contributed by atoms with Gasteiger partial charge in [0.25, 0.3) is 0 Å². The van der Waals surface area contributed by atoms with Crippen molar-refractivity contribution in [2.24, 2.45) is 0 Å². The van der Waals surface area contributed by atoms with E-state index in [9.17, 15) is 0 Å². The lowest BCUT2D eigenvalue weighted by atomic mass is 9.78. The monoisotopic (exact) mass is 181 g/mol. The maximum absolute atomic E-state index is 4.04. The molecule has 0 radical (unpaired) electrons. The number of rotatable bonds is 3. The molecule has 0 aromatic carbocycles. The number of hydrogen-bond donors (Lipinski definition) is 1. The van der Waals surface area contributed by atoms with E-state index in [0.29, 0.717) is 0 Å². The van der Waals surface area contributed by atoms with E-state index in [1.54, 1.807) is 0 Å². The third kappa shape index (κ3) is 1.33. The largest absolute Gasteiger partial charge is 0.313 e. The molecule has 1 saturated carbocycles. The fraction of sp³-hybridized carbons (Fsp3) is 0.875. The Morgan fingerprint density at radius 1 is 1.54 bits per heavy atom. The number of aromatic nitrogens is 4. The minimum atomic E-state index is 0.176. The summed E-state index contributed by atoms with van der Waals surface area (Å²) in [6.07, 6.45) is 3.67. The lowest BCUT2D eigenvalue weighted by molar-refractivity contribution is 0.141. The van der Waals surface area contributed by atoms with Crippen molar-refractivity contribution in [3.63, 3.8) is 0 Å². The first-order valence-corrected chi connectivity index (χ1v) is 4.69. The molecule has 0 unspecified atom stereocenters. The van der Waals surface area contributed by atoms with Gasteiger partial charge in [-0.05, 0) is 43.7 Å². The smallest absolute Gasteiger partial charge is 0.165 e. The molecule has 72 valence electrons. The van der Waals surface area contributed by atoms with Crippen molar-refractivity contribution in [2.45, 2.75) is 38.3 Å². The molecule has 1 aliphatic carbocycles.